The zero-order valence-corrected chi connectivity index (χ0v) is 15.3. The van der Waals surface area contributed by atoms with E-state index in [2.05, 4.69) is 82.7 Å². The maximum Gasteiger partial charge on any atom is 0.152 e. The van der Waals surface area contributed by atoms with Crippen LogP contribution >= 0.6 is 15.9 Å². The van der Waals surface area contributed by atoms with Crippen LogP contribution in [-0.4, -0.2) is 5.06 Å². The van der Waals surface area contributed by atoms with E-state index in [-0.39, 0.29) is 6.04 Å². The van der Waals surface area contributed by atoms with Gasteiger partial charge in [-0.2, -0.15) is 0 Å². The Bertz CT molecular complexity index is 860. The molecule has 0 amide bonds. The summed E-state index contributed by atoms with van der Waals surface area (Å²) in [5.41, 5.74) is 3.54. The summed E-state index contributed by atoms with van der Waals surface area (Å²) in [4.78, 5) is 6.24. The molecule has 3 aromatic rings. The number of benzene rings is 3. The molecule has 0 N–H and O–H groups in total. The maximum absolute atomic E-state index is 6.24. The Morgan fingerprint density at radius 3 is 2.12 bits per heavy atom. The molecule has 0 aromatic heterocycles. The summed E-state index contributed by atoms with van der Waals surface area (Å²) in [6.45, 7) is 0.733. The van der Waals surface area contributed by atoms with Crippen LogP contribution in [0, 0.1) is 0 Å². The third-order valence-corrected chi connectivity index (χ3v) is 4.81. The van der Waals surface area contributed by atoms with Crippen LogP contribution in [-0.2, 0) is 11.4 Å². The first kappa shape index (κ1) is 16.1. The minimum Gasteiger partial charge on any atom is -0.404 e. The first-order valence-corrected chi connectivity index (χ1v) is 9.10. The van der Waals surface area contributed by atoms with Crippen LogP contribution in [0.15, 0.2) is 95.5 Å². The van der Waals surface area contributed by atoms with Crippen molar-refractivity contribution >= 4 is 21.7 Å². The number of hydrogen-bond acceptors (Lipinski definition) is 2. The quantitative estimate of drug-likeness (QED) is 0.542. The number of halogens is 1. The van der Waals surface area contributed by atoms with Gasteiger partial charge in [-0.1, -0.05) is 88.7 Å². The molecule has 1 aliphatic rings. The highest BCUT2D eigenvalue weighted by Crippen LogP contribution is 2.37. The van der Waals surface area contributed by atoms with Gasteiger partial charge in [0.25, 0.3) is 0 Å². The minimum atomic E-state index is 0.0973. The van der Waals surface area contributed by atoms with E-state index in [0.29, 0.717) is 0 Å². The van der Waals surface area contributed by atoms with Crippen molar-refractivity contribution < 1.29 is 4.84 Å². The standard InChI is InChI=1S/C22H18BrNO/c23-20-13-11-19(12-14-20)22-15-21(18-9-5-2-6-10-18)24(25-22)16-17-7-3-1-4-8-17/h1-15,21H,16H2/t21-/m0/s1. The van der Waals surface area contributed by atoms with Crippen molar-refractivity contribution in [2.45, 2.75) is 12.6 Å². The van der Waals surface area contributed by atoms with E-state index in [9.17, 15) is 0 Å². The van der Waals surface area contributed by atoms with Crippen molar-refractivity contribution in [3.8, 4) is 0 Å². The lowest BCUT2D eigenvalue weighted by molar-refractivity contribution is -0.101. The molecule has 1 atom stereocenters. The van der Waals surface area contributed by atoms with E-state index in [1.165, 1.54) is 11.1 Å². The first-order chi connectivity index (χ1) is 12.3. The Balaban J connectivity index is 1.65. The number of nitrogens with zero attached hydrogens (tertiary/aromatic N) is 1. The van der Waals surface area contributed by atoms with Crippen LogP contribution in [0.1, 0.15) is 22.7 Å². The third kappa shape index (κ3) is 3.68. The lowest BCUT2D eigenvalue weighted by Gasteiger charge is -2.23. The Labute approximate surface area is 156 Å². The molecule has 1 heterocycles. The second-order valence-electron chi connectivity index (χ2n) is 6.05. The number of hydrogen-bond donors (Lipinski definition) is 0. The topological polar surface area (TPSA) is 12.5 Å². The normalized spacial score (nSPS) is 17.2. The largest absolute Gasteiger partial charge is 0.404 e. The highest BCUT2D eigenvalue weighted by Gasteiger charge is 2.29. The molecule has 124 valence electrons. The van der Waals surface area contributed by atoms with Crippen LogP contribution in [0.3, 0.4) is 0 Å². The van der Waals surface area contributed by atoms with E-state index in [1.54, 1.807) is 0 Å². The van der Waals surface area contributed by atoms with Gasteiger partial charge in [-0.05, 0) is 29.3 Å². The monoisotopic (exact) mass is 391 g/mol. The van der Waals surface area contributed by atoms with Crippen LogP contribution in [0.25, 0.3) is 5.76 Å². The molecule has 0 saturated carbocycles. The summed E-state index contributed by atoms with van der Waals surface area (Å²) in [6, 6.07) is 29.2. The molecule has 4 rings (SSSR count). The zero-order chi connectivity index (χ0) is 17.1. The van der Waals surface area contributed by atoms with Crippen molar-refractivity contribution in [2.24, 2.45) is 0 Å². The average Bonchev–Trinajstić information content (AvgIpc) is 3.08. The van der Waals surface area contributed by atoms with Gasteiger partial charge in [0, 0.05) is 10.0 Å². The molecule has 3 aromatic carbocycles. The van der Waals surface area contributed by atoms with Crippen molar-refractivity contribution in [1.82, 2.24) is 5.06 Å². The molecule has 1 aliphatic heterocycles. The SMILES string of the molecule is Brc1ccc(C2=C[C@@H](c3ccccc3)N(Cc3ccccc3)O2)cc1. The van der Waals surface area contributed by atoms with Crippen LogP contribution in [0.5, 0.6) is 0 Å². The molecule has 0 spiro atoms. The van der Waals surface area contributed by atoms with Crippen LogP contribution in [0.4, 0.5) is 0 Å². The molecule has 0 saturated heterocycles. The molecule has 25 heavy (non-hydrogen) atoms. The highest BCUT2D eigenvalue weighted by atomic mass is 79.9. The number of rotatable bonds is 4. The molecular formula is C22H18BrNO. The second kappa shape index (κ2) is 7.26. The summed E-state index contributed by atoms with van der Waals surface area (Å²) < 4.78 is 1.07. The lowest BCUT2D eigenvalue weighted by atomic mass is 10.0. The molecule has 0 bridgehead atoms. The Morgan fingerprint density at radius 2 is 1.44 bits per heavy atom. The molecule has 2 nitrogen and oxygen atoms in total. The van der Waals surface area contributed by atoms with E-state index >= 15 is 0 Å². The fourth-order valence-electron chi connectivity index (χ4n) is 3.01. The van der Waals surface area contributed by atoms with Crippen molar-refractivity contribution in [3.63, 3.8) is 0 Å². The fourth-order valence-corrected chi connectivity index (χ4v) is 3.27. The smallest absolute Gasteiger partial charge is 0.152 e. The Hall–Kier alpha value is -2.36. The Morgan fingerprint density at radius 1 is 0.800 bits per heavy atom. The summed E-state index contributed by atoms with van der Waals surface area (Å²) in [6.07, 6.45) is 2.20. The molecule has 0 unspecified atom stereocenters. The van der Waals surface area contributed by atoms with Crippen molar-refractivity contribution in [3.05, 3.63) is 112 Å². The van der Waals surface area contributed by atoms with Gasteiger partial charge in [-0.25, -0.2) is 0 Å². The predicted octanol–water partition coefficient (Wildman–Crippen LogP) is 5.98. The first-order valence-electron chi connectivity index (χ1n) is 8.31. The van der Waals surface area contributed by atoms with Gasteiger partial charge in [0.2, 0.25) is 0 Å². The molecule has 0 fully saturated rings. The summed E-state index contributed by atoms with van der Waals surface area (Å²) in [5, 5.41) is 2.04. The second-order valence-corrected chi connectivity index (χ2v) is 6.96. The predicted molar refractivity (Wildman–Crippen MR) is 104 cm³/mol. The van der Waals surface area contributed by atoms with E-state index in [4.69, 9.17) is 4.84 Å². The minimum absolute atomic E-state index is 0.0973. The average molecular weight is 392 g/mol. The summed E-state index contributed by atoms with van der Waals surface area (Å²) >= 11 is 3.49. The van der Waals surface area contributed by atoms with Gasteiger partial charge < -0.3 is 4.84 Å². The van der Waals surface area contributed by atoms with E-state index in [1.807, 2.05) is 29.3 Å². The fraction of sp³-hybridized carbons (Fsp3) is 0.0909. The van der Waals surface area contributed by atoms with E-state index in [0.717, 1.165) is 22.3 Å². The van der Waals surface area contributed by atoms with Crippen LogP contribution < -0.4 is 0 Å². The van der Waals surface area contributed by atoms with Gasteiger partial charge in [0.05, 0.1) is 12.6 Å². The van der Waals surface area contributed by atoms with Crippen molar-refractivity contribution in [2.75, 3.05) is 0 Å². The van der Waals surface area contributed by atoms with Gasteiger partial charge in [0.1, 0.15) is 0 Å². The molecule has 0 aliphatic carbocycles. The van der Waals surface area contributed by atoms with Gasteiger partial charge >= 0.3 is 0 Å². The van der Waals surface area contributed by atoms with Gasteiger partial charge in [-0.3, -0.25) is 0 Å². The number of hydroxylamine groups is 2. The van der Waals surface area contributed by atoms with Crippen molar-refractivity contribution in [1.29, 1.82) is 0 Å². The molecule has 0 radical (unpaired) electrons. The van der Waals surface area contributed by atoms with E-state index < -0.39 is 0 Å². The highest BCUT2D eigenvalue weighted by molar-refractivity contribution is 9.10. The van der Waals surface area contributed by atoms with Gasteiger partial charge in [-0.15, -0.1) is 5.06 Å². The molecular weight excluding hydrogens is 374 g/mol. The summed E-state index contributed by atoms with van der Waals surface area (Å²) in [7, 11) is 0. The van der Waals surface area contributed by atoms with Crippen LogP contribution in [0.2, 0.25) is 0 Å². The third-order valence-electron chi connectivity index (χ3n) is 4.29. The lowest BCUT2D eigenvalue weighted by Crippen LogP contribution is -2.22. The summed E-state index contributed by atoms with van der Waals surface area (Å²) in [5.74, 6) is 0.900. The molecule has 3 heteroatoms. The Kier molecular flexibility index (Phi) is 4.68. The zero-order valence-electron chi connectivity index (χ0n) is 13.7. The van der Waals surface area contributed by atoms with Gasteiger partial charge in [0.15, 0.2) is 5.76 Å². The maximum atomic E-state index is 6.24.